The average Bonchev–Trinajstić information content (AvgIpc) is 3.75. The van der Waals surface area contributed by atoms with Gasteiger partial charge in [0.2, 0.25) is 6.20 Å². The summed E-state index contributed by atoms with van der Waals surface area (Å²) in [6.45, 7) is 4.39. The molecule has 46 heavy (non-hydrogen) atoms. The molecule has 1 unspecified atom stereocenters. The summed E-state index contributed by atoms with van der Waals surface area (Å²) in [6.07, 6.45) is 6.84. The lowest BCUT2D eigenvalue weighted by atomic mass is 9.84. The first-order valence-electron chi connectivity index (χ1n) is 15.9. The van der Waals surface area contributed by atoms with Crippen LogP contribution in [0.15, 0.2) is 134 Å². The third-order valence-electron chi connectivity index (χ3n) is 10.5. The van der Waals surface area contributed by atoms with E-state index in [9.17, 15) is 0 Å². The van der Waals surface area contributed by atoms with Gasteiger partial charge < -0.3 is 4.74 Å². The molecule has 3 aliphatic heterocycles. The molecule has 0 radical (unpaired) electrons. The molecule has 0 N–H and O–H groups in total. The first kappa shape index (κ1) is 24.4. The number of pyridine rings is 1. The number of ether oxygens (including phenoxy) is 1. The highest BCUT2D eigenvalue weighted by atomic mass is 16.5. The Morgan fingerprint density at radius 3 is 2.26 bits per heavy atom. The number of hydrogen-bond donors (Lipinski definition) is 0. The van der Waals surface area contributed by atoms with E-state index in [-0.39, 0.29) is 0 Å². The molecule has 3 aliphatic rings. The van der Waals surface area contributed by atoms with E-state index in [0.29, 0.717) is 0 Å². The van der Waals surface area contributed by atoms with E-state index in [4.69, 9.17) is 4.74 Å². The molecular weight excluding hydrogens is 564 g/mol. The van der Waals surface area contributed by atoms with Gasteiger partial charge in [-0.1, -0.05) is 71.4 Å². The molecule has 0 saturated carbocycles. The van der Waals surface area contributed by atoms with Crippen molar-refractivity contribution in [3.63, 3.8) is 0 Å². The Balaban J connectivity index is 1.22. The summed E-state index contributed by atoms with van der Waals surface area (Å²) in [5.41, 5.74) is 12.7. The van der Waals surface area contributed by atoms with Crippen molar-refractivity contribution >= 4 is 21.8 Å². The molecule has 0 aliphatic carbocycles. The number of fused-ring (bicyclic) bond motifs is 7. The van der Waals surface area contributed by atoms with E-state index < -0.39 is 5.66 Å². The first-order valence-corrected chi connectivity index (χ1v) is 15.9. The predicted molar refractivity (Wildman–Crippen MR) is 179 cm³/mol. The molecule has 5 nitrogen and oxygen atoms in total. The highest BCUT2D eigenvalue weighted by Crippen LogP contribution is 2.55. The number of aryl methyl sites for hydroxylation is 2. The molecule has 8 aromatic rings. The van der Waals surface area contributed by atoms with Crippen molar-refractivity contribution in [2.75, 3.05) is 0 Å². The maximum absolute atomic E-state index is 6.78. The Bertz CT molecular complexity index is 2620. The fourth-order valence-corrected chi connectivity index (χ4v) is 8.66. The highest BCUT2D eigenvalue weighted by molar-refractivity contribution is 6.11. The Morgan fingerprint density at radius 2 is 1.39 bits per heavy atom. The van der Waals surface area contributed by atoms with Gasteiger partial charge in [-0.15, -0.1) is 4.68 Å². The summed E-state index contributed by atoms with van der Waals surface area (Å²) in [7, 11) is 0. The molecule has 216 valence electrons. The molecule has 5 aromatic carbocycles. The molecule has 3 aromatic heterocycles. The van der Waals surface area contributed by atoms with Gasteiger partial charge in [-0.05, 0) is 84.1 Å². The minimum Gasteiger partial charge on any atom is -0.456 e. The number of para-hydroxylation sites is 1. The second-order valence-electron chi connectivity index (χ2n) is 12.8. The Kier molecular flexibility index (Phi) is 4.35. The zero-order chi connectivity index (χ0) is 30.3. The second kappa shape index (κ2) is 8.20. The smallest absolute Gasteiger partial charge is 0.397 e. The maximum Gasteiger partial charge on any atom is 0.397 e. The van der Waals surface area contributed by atoms with E-state index in [0.717, 1.165) is 23.0 Å². The standard InChI is InChI=1S/C41H28N4O/c1-25-9-7-10-26(2)37(25)28-18-16-27(17-19-28)29-23-43-33-13-8-14-34-38(33)41(44(43)24-29)39-35(46-34)21-20-31-30-11-3-4-12-32(30)45(40(31)39)36-15-5-6-22-42(36)41/h3-24H,1-2H3/q+2. The van der Waals surface area contributed by atoms with Crippen LogP contribution < -0.4 is 14.0 Å². The molecular formula is C41H28N4O+2. The van der Waals surface area contributed by atoms with Crippen LogP contribution in [0.4, 0.5) is 0 Å². The summed E-state index contributed by atoms with van der Waals surface area (Å²) in [6, 6.07) is 41.7. The zero-order valence-electron chi connectivity index (χ0n) is 25.4. The average molecular weight is 593 g/mol. The van der Waals surface area contributed by atoms with Crippen LogP contribution in [0.1, 0.15) is 22.3 Å². The Morgan fingerprint density at radius 1 is 0.630 bits per heavy atom. The van der Waals surface area contributed by atoms with Crippen LogP contribution in [0.25, 0.3) is 55.6 Å². The van der Waals surface area contributed by atoms with Gasteiger partial charge in [0.1, 0.15) is 28.3 Å². The number of aromatic nitrogens is 4. The summed E-state index contributed by atoms with van der Waals surface area (Å²) >= 11 is 0. The SMILES string of the molecule is Cc1cccc(C)c1-c1ccc(-c2cn3[n+](c2)C24c5c(cccc5-3)Oc3ccc5c6ccccc6n(c5c32)-c2cccc[n+]24)cc1. The fourth-order valence-electron chi connectivity index (χ4n) is 8.66. The van der Waals surface area contributed by atoms with Gasteiger partial charge in [-0.2, -0.15) is 9.13 Å². The predicted octanol–water partition coefficient (Wildman–Crippen LogP) is 8.13. The van der Waals surface area contributed by atoms with Crippen molar-refractivity contribution in [1.82, 2.24) is 9.25 Å². The third kappa shape index (κ3) is 2.70. The van der Waals surface area contributed by atoms with Crippen LogP contribution in [0, 0.1) is 13.8 Å². The van der Waals surface area contributed by atoms with E-state index in [1.807, 2.05) is 0 Å². The largest absolute Gasteiger partial charge is 0.456 e. The van der Waals surface area contributed by atoms with Crippen molar-refractivity contribution in [3.8, 4) is 45.3 Å². The van der Waals surface area contributed by atoms with Gasteiger partial charge in [0.05, 0.1) is 18.0 Å². The topological polar surface area (TPSA) is 26.8 Å². The van der Waals surface area contributed by atoms with Gasteiger partial charge in [-0.25, -0.2) is 0 Å². The minimum absolute atomic E-state index is 0.670. The fraction of sp³-hybridized carbons (Fsp3) is 0.0732. The third-order valence-corrected chi connectivity index (χ3v) is 10.5. The lowest BCUT2D eigenvalue weighted by Crippen LogP contribution is -2.76. The van der Waals surface area contributed by atoms with E-state index in [1.54, 1.807) is 0 Å². The zero-order valence-corrected chi connectivity index (χ0v) is 25.4. The van der Waals surface area contributed by atoms with Crippen molar-refractivity contribution in [2.45, 2.75) is 19.5 Å². The normalized spacial score (nSPS) is 16.3. The van der Waals surface area contributed by atoms with E-state index in [2.05, 4.69) is 166 Å². The maximum atomic E-state index is 6.78. The molecule has 0 saturated heterocycles. The first-order chi connectivity index (χ1) is 22.6. The summed E-state index contributed by atoms with van der Waals surface area (Å²) < 4.78 is 16.4. The second-order valence-corrected chi connectivity index (χ2v) is 12.8. The molecule has 0 bridgehead atoms. The van der Waals surface area contributed by atoms with Gasteiger partial charge in [-0.3, -0.25) is 0 Å². The van der Waals surface area contributed by atoms with Crippen LogP contribution in [0.5, 0.6) is 11.5 Å². The van der Waals surface area contributed by atoms with Crippen LogP contribution in [0.3, 0.4) is 0 Å². The monoisotopic (exact) mass is 592 g/mol. The van der Waals surface area contributed by atoms with Crippen molar-refractivity contribution < 1.29 is 14.0 Å². The van der Waals surface area contributed by atoms with E-state index in [1.165, 1.54) is 66.3 Å². The van der Waals surface area contributed by atoms with Crippen molar-refractivity contribution in [2.24, 2.45) is 0 Å². The number of rotatable bonds is 2. The molecule has 6 heterocycles. The molecule has 11 rings (SSSR count). The number of benzene rings is 5. The van der Waals surface area contributed by atoms with Gasteiger partial charge in [0.25, 0.3) is 5.82 Å². The van der Waals surface area contributed by atoms with Crippen LogP contribution in [-0.2, 0) is 5.66 Å². The molecule has 0 fully saturated rings. The molecule has 1 atom stereocenters. The van der Waals surface area contributed by atoms with Gasteiger partial charge >= 0.3 is 5.66 Å². The van der Waals surface area contributed by atoms with Crippen LogP contribution >= 0.6 is 0 Å². The molecule has 5 heteroatoms. The van der Waals surface area contributed by atoms with Crippen molar-refractivity contribution in [3.05, 3.63) is 156 Å². The summed E-state index contributed by atoms with van der Waals surface area (Å²) in [5, 5.41) is 2.48. The van der Waals surface area contributed by atoms with Gasteiger partial charge in [0.15, 0.2) is 11.1 Å². The van der Waals surface area contributed by atoms with Crippen LogP contribution in [-0.4, -0.2) is 9.25 Å². The van der Waals surface area contributed by atoms with Crippen LogP contribution in [0.2, 0.25) is 0 Å². The number of nitrogens with zero attached hydrogens (tertiary/aromatic N) is 4. The number of hydrogen-bond acceptors (Lipinski definition) is 1. The lowest BCUT2D eigenvalue weighted by molar-refractivity contribution is -0.993. The van der Waals surface area contributed by atoms with E-state index >= 15 is 0 Å². The van der Waals surface area contributed by atoms with Gasteiger partial charge in [0, 0.05) is 16.8 Å². The minimum atomic E-state index is -0.670. The summed E-state index contributed by atoms with van der Waals surface area (Å²) in [4.78, 5) is 0. The quantitative estimate of drug-likeness (QED) is 0.186. The lowest BCUT2D eigenvalue weighted by Gasteiger charge is -2.32. The summed E-state index contributed by atoms with van der Waals surface area (Å²) in [5.74, 6) is 2.92. The molecule has 0 amide bonds. The Labute approximate surface area is 265 Å². The van der Waals surface area contributed by atoms with Crippen molar-refractivity contribution in [1.29, 1.82) is 0 Å². The molecule has 1 spiro atoms. The highest BCUT2D eigenvalue weighted by Gasteiger charge is 2.68. The Hall–Kier alpha value is -5.94.